The topological polar surface area (TPSA) is 73.3 Å². The van der Waals surface area contributed by atoms with Gasteiger partial charge >= 0.3 is 5.69 Å². The van der Waals surface area contributed by atoms with E-state index in [9.17, 15) is 9.59 Å². The predicted octanol–water partition coefficient (Wildman–Crippen LogP) is 1.43. The lowest BCUT2D eigenvalue weighted by atomic mass is 10.2. The molecule has 2 aromatic rings. The fourth-order valence-corrected chi connectivity index (χ4v) is 2.55. The molecule has 0 saturated carbocycles. The Balaban J connectivity index is 1.52. The molecule has 1 aliphatic heterocycles. The first kappa shape index (κ1) is 14.7. The highest BCUT2D eigenvalue weighted by atomic mass is 16.6. The number of hydrogen-bond donors (Lipinski definition) is 1. The molecule has 6 heteroatoms. The van der Waals surface area contributed by atoms with Gasteiger partial charge in [-0.25, -0.2) is 4.79 Å². The van der Waals surface area contributed by atoms with Crippen LogP contribution in [0.1, 0.15) is 24.6 Å². The van der Waals surface area contributed by atoms with E-state index in [1.54, 1.807) is 0 Å². The van der Waals surface area contributed by atoms with Gasteiger partial charge in [0.25, 0.3) is 5.56 Å². The summed E-state index contributed by atoms with van der Waals surface area (Å²) in [5, 5.41) is 0. The quantitative estimate of drug-likeness (QED) is 0.907. The standard InChI is InChI=1S/C16H18N2O4/c19-14-8-9-18(16(20)17-14)15-7-6-13(22-15)11-21-10-12-4-2-1-3-5-12/h1-5,8-9,13,15H,6-7,10-11H2,(H,17,19,20)/t13-,15+/m0/s1. The molecule has 3 rings (SSSR count). The zero-order chi connectivity index (χ0) is 15.4. The Hall–Kier alpha value is -2.18. The normalized spacial score (nSPS) is 21.1. The number of aromatic amines is 1. The van der Waals surface area contributed by atoms with Crippen LogP contribution >= 0.6 is 0 Å². The van der Waals surface area contributed by atoms with Gasteiger partial charge in [-0.1, -0.05) is 30.3 Å². The van der Waals surface area contributed by atoms with Crippen LogP contribution in [0.25, 0.3) is 0 Å². The maximum Gasteiger partial charge on any atom is 0.330 e. The monoisotopic (exact) mass is 302 g/mol. The summed E-state index contributed by atoms with van der Waals surface area (Å²) in [7, 11) is 0. The summed E-state index contributed by atoms with van der Waals surface area (Å²) < 4.78 is 12.9. The average molecular weight is 302 g/mol. The molecule has 2 atom stereocenters. The first-order valence-corrected chi connectivity index (χ1v) is 7.31. The molecule has 22 heavy (non-hydrogen) atoms. The molecule has 1 aromatic heterocycles. The zero-order valence-corrected chi connectivity index (χ0v) is 12.1. The van der Waals surface area contributed by atoms with Crippen molar-refractivity contribution in [3.05, 3.63) is 69.0 Å². The molecule has 1 N–H and O–H groups in total. The van der Waals surface area contributed by atoms with Crippen LogP contribution in [-0.4, -0.2) is 22.3 Å². The van der Waals surface area contributed by atoms with Crippen molar-refractivity contribution in [3.8, 4) is 0 Å². The number of aromatic nitrogens is 2. The van der Waals surface area contributed by atoms with Gasteiger partial charge in [0.15, 0.2) is 0 Å². The average Bonchev–Trinajstić information content (AvgIpc) is 2.97. The summed E-state index contributed by atoms with van der Waals surface area (Å²) in [6, 6.07) is 11.3. The fourth-order valence-electron chi connectivity index (χ4n) is 2.55. The van der Waals surface area contributed by atoms with Gasteiger partial charge in [-0.05, 0) is 18.4 Å². The SMILES string of the molecule is O=c1ccn([C@H]2CC[C@@H](COCc3ccccc3)O2)c(=O)[nH]1. The van der Waals surface area contributed by atoms with E-state index in [1.165, 1.54) is 16.8 Å². The number of nitrogens with zero attached hydrogens (tertiary/aromatic N) is 1. The third kappa shape index (κ3) is 3.52. The number of benzene rings is 1. The van der Waals surface area contributed by atoms with Crippen molar-refractivity contribution in [1.29, 1.82) is 0 Å². The first-order valence-electron chi connectivity index (χ1n) is 7.31. The van der Waals surface area contributed by atoms with Crippen LogP contribution in [0.2, 0.25) is 0 Å². The van der Waals surface area contributed by atoms with Crippen LogP contribution in [0, 0.1) is 0 Å². The lowest BCUT2D eigenvalue weighted by Gasteiger charge is -2.15. The molecule has 0 unspecified atom stereocenters. The van der Waals surface area contributed by atoms with Gasteiger partial charge in [0.1, 0.15) is 6.23 Å². The molecule has 1 saturated heterocycles. The van der Waals surface area contributed by atoms with Crippen LogP contribution in [0.5, 0.6) is 0 Å². The summed E-state index contributed by atoms with van der Waals surface area (Å²) >= 11 is 0. The van der Waals surface area contributed by atoms with E-state index in [-0.39, 0.29) is 12.3 Å². The van der Waals surface area contributed by atoms with Gasteiger partial charge in [-0.15, -0.1) is 0 Å². The maximum absolute atomic E-state index is 11.7. The second-order valence-electron chi connectivity index (χ2n) is 5.31. The molecule has 2 heterocycles. The molecule has 0 amide bonds. The molecule has 0 spiro atoms. The van der Waals surface area contributed by atoms with Crippen molar-refractivity contribution in [2.45, 2.75) is 31.8 Å². The minimum atomic E-state index is -0.441. The number of hydrogen-bond acceptors (Lipinski definition) is 4. The minimum Gasteiger partial charge on any atom is -0.374 e. The van der Waals surface area contributed by atoms with Crippen molar-refractivity contribution < 1.29 is 9.47 Å². The van der Waals surface area contributed by atoms with Crippen LogP contribution in [0.4, 0.5) is 0 Å². The van der Waals surface area contributed by atoms with E-state index in [2.05, 4.69) is 4.98 Å². The second-order valence-corrected chi connectivity index (χ2v) is 5.31. The van der Waals surface area contributed by atoms with E-state index >= 15 is 0 Å². The molecular weight excluding hydrogens is 284 g/mol. The molecule has 116 valence electrons. The van der Waals surface area contributed by atoms with Crippen LogP contribution < -0.4 is 11.2 Å². The Labute approximate surface area is 127 Å². The molecule has 1 fully saturated rings. The minimum absolute atomic E-state index is 0.0347. The van der Waals surface area contributed by atoms with Gasteiger partial charge in [0, 0.05) is 12.3 Å². The molecule has 1 aromatic carbocycles. The maximum atomic E-state index is 11.7. The summed E-state index contributed by atoms with van der Waals surface area (Å²) in [6.45, 7) is 1.04. The van der Waals surface area contributed by atoms with Crippen molar-refractivity contribution in [2.75, 3.05) is 6.61 Å². The lowest BCUT2D eigenvalue weighted by molar-refractivity contribution is -0.0462. The largest absolute Gasteiger partial charge is 0.374 e. The fraction of sp³-hybridized carbons (Fsp3) is 0.375. The second kappa shape index (κ2) is 6.72. The number of ether oxygens (including phenoxy) is 2. The van der Waals surface area contributed by atoms with E-state index in [0.717, 1.165) is 18.4 Å². The van der Waals surface area contributed by atoms with Gasteiger partial charge < -0.3 is 9.47 Å². The molecular formula is C16H18N2O4. The summed E-state index contributed by atoms with van der Waals surface area (Å²) in [5.74, 6) is 0. The first-order chi connectivity index (χ1) is 10.7. The highest BCUT2D eigenvalue weighted by Crippen LogP contribution is 2.27. The molecule has 0 bridgehead atoms. The Morgan fingerprint density at radius 3 is 2.77 bits per heavy atom. The molecule has 0 radical (unpaired) electrons. The van der Waals surface area contributed by atoms with Crippen molar-refractivity contribution >= 4 is 0 Å². The highest BCUT2D eigenvalue weighted by molar-refractivity contribution is 5.13. The lowest BCUT2D eigenvalue weighted by Crippen LogP contribution is -2.31. The predicted molar refractivity (Wildman–Crippen MR) is 80.6 cm³/mol. The smallest absolute Gasteiger partial charge is 0.330 e. The van der Waals surface area contributed by atoms with Crippen LogP contribution in [-0.2, 0) is 16.1 Å². The third-order valence-electron chi connectivity index (χ3n) is 3.66. The molecule has 1 aliphatic rings. The number of rotatable bonds is 5. The molecule has 0 aliphatic carbocycles. The van der Waals surface area contributed by atoms with E-state index in [0.29, 0.717) is 13.2 Å². The Bertz CT molecular complexity index is 723. The number of nitrogens with one attached hydrogen (secondary N) is 1. The van der Waals surface area contributed by atoms with Gasteiger partial charge in [0.2, 0.25) is 0 Å². The Kier molecular flexibility index (Phi) is 4.50. The Morgan fingerprint density at radius 2 is 2.00 bits per heavy atom. The van der Waals surface area contributed by atoms with Crippen molar-refractivity contribution in [3.63, 3.8) is 0 Å². The summed E-state index contributed by atoms with van der Waals surface area (Å²) in [4.78, 5) is 25.0. The zero-order valence-electron chi connectivity index (χ0n) is 12.1. The van der Waals surface area contributed by atoms with E-state index in [1.807, 2.05) is 30.3 Å². The van der Waals surface area contributed by atoms with E-state index in [4.69, 9.17) is 9.47 Å². The Morgan fingerprint density at radius 1 is 1.18 bits per heavy atom. The molecule has 6 nitrogen and oxygen atoms in total. The van der Waals surface area contributed by atoms with Crippen LogP contribution in [0.3, 0.4) is 0 Å². The number of H-pyrrole nitrogens is 1. The highest BCUT2D eigenvalue weighted by Gasteiger charge is 2.27. The summed E-state index contributed by atoms with van der Waals surface area (Å²) in [5.41, 5.74) is 0.277. The third-order valence-corrected chi connectivity index (χ3v) is 3.66. The van der Waals surface area contributed by atoms with Gasteiger partial charge in [0.05, 0.1) is 19.3 Å². The van der Waals surface area contributed by atoms with Gasteiger partial charge in [-0.2, -0.15) is 0 Å². The van der Waals surface area contributed by atoms with E-state index < -0.39 is 11.2 Å². The summed E-state index contributed by atoms with van der Waals surface area (Å²) in [6.07, 6.45) is 2.65. The van der Waals surface area contributed by atoms with Crippen molar-refractivity contribution in [1.82, 2.24) is 9.55 Å². The van der Waals surface area contributed by atoms with Crippen LogP contribution in [0.15, 0.2) is 52.2 Å². The van der Waals surface area contributed by atoms with Crippen molar-refractivity contribution in [2.24, 2.45) is 0 Å². The van der Waals surface area contributed by atoms with Gasteiger partial charge in [-0.3, -0.25) is 14.3 Å².